The summed E-state index contributed by atoms with van der Waals surface area (Å²) in [5, 5.41) is 12.2. The van der Waals surface area contributed by atoms with Crippen LogP contribution in [-0.4, -0.2) is 23.2 Å². The van der Waals surface area contributed by atoms with Gasteiger partial charge in [0.2, 0.25) is 0 Å². The number of nitrogens with one attached hydrogen (secondary N) is 1. The summed E-state index contributed by atoms with van der Waals surface area (Å²) in [6.45, 7) is 2.47. The first kappa shape index (κ1) is 11.6. The van der Waals surface area contributed by atoms with Crippen molar-refractivity contribution < 1.29 is 9.90 Å². The molecule has 0 spiro atoms. The van der Waals surface area contributed by atoms with E-state index >= 15 is 0 Å². The molecule has 0 aliphatic carbocycles. The van der Waals surface area contributed by atoms with Crippen LogP contribution >= 0.6 is 15.9 Å². The Morgan fingerprint density at radius 2 is 2.12 bits per heavy atom. The molecule has 0 saturated carbocycles. The van der Waals surface area contributed by atoms with Crippen molar-refractivity contribution in [2.75, 3.05) is 6.54 Å². The van der Waals surface area contributed by atoms with Gasteiger partial charge in [0, 0.05) is 11.0 Å². The van der Waals surface area contributed by atoms with Crippen LogP contribution in [0.3, 0.4) is 0 Å². The molecule has 0 bridgehead atoms. The molecule has 1 aromatic rings. The third-order valence-corrected chi connectivity index (χ3v) is 3.74. The Morgan fingerprint density at radius 3 is 2.62 bits per heavy atom. The summed E-state index contributed by atoms with van der Waals surface area (Å²) in [6, 6.07) is 8.07. The van der Waals surface area contributed by atoms with Crippen molar-refractivity contribution in [2.45, 2.75) is 24.8 Å². The Kier molecular flexibility index (Phi) is 3.04. The molecule has 16 heavy (non-hydrogen) atoms. The van der Waals surface area contributed by atoms with Crippen molar-refractivity contribution in [3.05, 3.63) is 34.3 Å². The summed E-state index contributed by atoms with van der Waals surface area (Å²) >= 11 is 3.39. The maximum absolute atomic E-state index is 11.1. The number of aliphatic carboxylic acids is 1. The minimum atomic E-state index is -0.780. The number of benzene rings is 1. The lowest BCUT2D eigenvalue weighted by atomic mass is 9.90. The SMILES string of the molecule is CC1(C(=O)O)CC(c2ccc(Br)cc2)CN1. The second-order valence-corrected chi connectivity index (χ2v) is 5.39. The van der Waals surface area contributed by atoms with Gasteiger partial charge in [-0.25, -0.2) is 0 Å². The Morgan fingerprint density at radius 1 is 1.50 bits per heavy atom. The third kappa shape index (κ3) is 2.13. The van der Waals surface area contributed by atoms with E-state index in [1.165, 1.54) is 5.56 Å². The molecule has 1 heterocycles. The van der Waals surface area contributed by atoms with Crippen LogP contribution in [0.1, 0.15) is 24.8 Å². The predicted octanol–water partition coefficient (Wildman–Crippen LogP) is 2.37. The molecular formula is C12H14BrNO2. The van der Waals surface area contributed by atoms with Crippen molar-refractivity contribution in [3.63, 3.8) is 0 Å². The van der Waals surface area contributed by atoms with E-state index in [1.807, 2.05) is 24.3 Å². The fraction of sp³-hybridized carbons (Fsp3) is 0.417. The van der Waals surface area contributed by atoms with Crippen molar-refractivity contribution in [2.24, 2.45) is 0 Å². The Hall–Kier alpha value is -0.870. The molecule has 1 aliphatic rings. The maximum Gasteiger partial charge on any atom is 0.323 e. The maximum atomic E-state index is 11.1. The number of carbonyl (C=O) groups is 1. The Labute approximate surface area is 103 Å². The molecule has 1 aromatic carbocycles. The molecule has 1 saturated heterocycles. The van der Waals surface area contributed by atoms with Crippen LogP contribution in [0.2, 0.25) is 0 Å². The van der Waals surface area contributed by atoms with Gasteiger partial charge in [-0.15, -0.1) is 0 Å². The molecular weight excluding hydrogens is 270 g/mol. The van der Waals surface area contributed by atoms with E-state index in [0.717, 1.165) is 11.0 Å². The zero-order valence-corrected chi connectivity index (χ0v) is 10.6. The standard InChI is InChI=1S/C12H14BrNO2/c1-12(11(15)16)6-9(7-14-12)8-2-4-10(13)5-3-8/h2-5,9,14H,6-7H2,1H3,(H,15,16). The second kappa shape index (κ2) is 4.18. The molecule has 0 radical (unpaired) electrons. The predicted molar refractivity (Wildman–Crippen MR) is 65.5 cm³/mol. The summed E-state index contributed by atoms with van der Waals surface area (Å²) < 4.78 is 1.04. The molecule has 3 nitrogen and oxygen atoms in total. The largest absolute Gasteiger partial charge is 0.480 e. The highest BCUT2D eigenvalue weighted by Gasteiger charge is 2.41. The third-order valence-electron chi connectivity index (χ3n) is 3.21. The summed E-state index contributed by atoms with van der Waals surface area (Å²) in [4.78, 5) is 11.1. The highest BCUT2D eigenvalue weighted by atomic mass is 79.9. The van der Waals surface area contributed by atoms with Crippen LogP contribution in [0.25, 0.3) is 0 Å². The first-order valence-electron chi connectivity index (χ1n) is 5.25. The van der Waals surface area contributed by atoms with Gasteiger partial charge in [-0.2, -0.15) is 0 Å². The van der Waals surface area contributed by atoms with E-state index in [9.17, 15) is 4.79 Å². The molecule has 1 fully saturated rings. The van der Waals surface area contributed by atoms with E-state index in [-0.39, 0.29) is 5.92 Å². The van der Waals surface area contributed by atoms with Gasteiger partial charge in [0.15, 0.2) is 0 Å². The average molecular weight is 284 g/mol. The monoisotopic (exact) mass is 283 g/mol. The van der Waals surface area contributed by atoms with Crippen molar-refractivity contribution in [1.82, 2.24) is 5.32 Å². The number of hydrogen-bond donors (Lipinski definition) is 2. The van der Waals surface area contributed by atoms with Crippen molar-refractivity contribution in [1.29, 1.82) is 0 Å². The number of rotatable bonds is 2. The summed E-state index contributed by atoms with van der Waals surface area (Å²) in [5.41, 5.74) is 0.415. The van der Waals surface area contributed by atoms with Crippen molar-refractivity contribution in [3.8, 4) is 0 Å². The normalized spacial score (nSPS) is 29.2. The van der Waals surface area contributed by atoms with Gasteiger partial charge in [0.1, 0.15) is 5.54 Å². The number of carboxylic acids is 1. The van der Waals surface area contributed by atoms with Crippen molar-refractivity contribution >= 4 is 21.9 Å². The highest BCUT2D eigenvalue weighted by molar-refractivity contribution is 9.10. The minimum Gasteiger partial charge on any atom is -0.480 e. The summed E-state index contributed by atoms with van der Waals surface area (Å²) in [5.74, 6) is -0.485. The minimum absolute atomic E-state index is 0.286. The fourth-order valence-corrected chi connectivity index (χ4v) is 2.38. The summed E-state index contributed by atoms with van der Waals surface area (Å²) in [6.07, 6.45) is 0.643. The smallest absolute Gasteiger partial charge is 0.323 e. The van der Waals surface area contributed by atoms with Gasteiger partial charge >= 0.3 is 5.97 Å². The van der Waals surface area contributed by atoms with Crippen LogP contribution in [-0.2, 0) is 4.79 Å². The Balaban J connectivity index is 2.15. The average Bonchev–Trinajstić information content (AvgIpc) is 2.63. The van der Waals surface area contributed by atoms with E-state index in [4.69, 9.17) is 5.11 Å². The molecule has 2 unspecified atom stereocenters. The lowest BCUT2D eigenvalue weighted by Crippen LogP contribution is -2.44. The van der Waals surface area contributed by atoms with Gasteiger partial charge in [-0.3, -0.25) is 4.79 Å². The van der Waals surface area contributed by atoms with Crippen LogP contribution < -0.4 is 5.32 Å². The number of hydrogen-bond acceptors (Lipinski definition) is 2. The van der Waals surface area contributed by atoms with Crippen LogP contribution in [0.4, 0.5) is 0 Å². The fourth-order valence-electron chi connectivity index (χ4n) is 2.12. The first-order valence-corrected chi connectivity index (χ1v) is 6.04. The van der Waals surface area contributed by atoms with Crippen LogP contribution in [0.5, 0.6) is 0 Å². The topological polar surface area (TPSA) is 49.3 Å². The van der Waals surface area contributed by atoms with Crippen LogP contribution in [0, 0.1) is 0 Å². The van der Waals surface area contributed by atoms with Gasteiger partial charge in [0.25, 0.3) is 0 Å². The molecule has 1 aliphatic heterocycles. The van der Waals surface area contributed by atoms with E-state index in [1.54, 1.807) is 6.92 Å². The van der Waals surface area contributed by atoms with E-state index < -0.39 is 11.5 Å². The zero-order valence-electron chi connectivity index (χ0n) is 9.03. The molecule has 2 atom stereocenters. The number of halogens is 1. The Bertz CT molecular complexity index is 404. The first-order chi connectivity index (χ1) is 7.51. The van der Waals surface area contributed by atoms with Gasteiger partial charge in [-0.1, -0.05) is 28.1 Å². The van der Waals surface area contributed by atoms with Gasteiger partial charge in [0.05, 0.1) is 0 Å². The molecule has 86 valence electrons. The van der Waals surface area contributed by atoms with Gasteiger partial charge < -0.3 is 10.4 Å². The molecule has 0 amide bonds. The highest BCUT2D eigenvalue weighted by Crippen LogP contribution is 2.32. The number of carboxylic acid groups (broad SMARTS) is 1. The quantitative estimate of drug-likeness (QED) is 0.876. The molecule has 2 rings (SSSR count). The van der Waals surface area contributed by atoms with Gasteiger partial charge in [-0.05, 0) is 37.0 Å². The second-order valence-electron chi connectivity index (χ2n) is 4.47. The molecule has 2 N–H and O–H groups in total. The zero-order chi connectivity index (χ0) is 11.8. The van der Waals surface area contributed by atoms with E-state index in [2.05, 4.69) is 21.2 Å². The molecule has 4 heteroatoms. The van der Waals surface area contributed by atoms with Crippen LogP contribution in [0.15, 0.2) is 28.7 Å². The molecule has 0 aromatic heterocycles. The summed E-state index contributed by atoms with van der Waals surface area (Å²) in [7, 11) is 0. The van der Waals surface area contributed by atoms with E-state index in [0.29, 0.717) is 6.42 Å². The lowest BCUT2D eigenvalue weighted by molar-refractivity contribution is -0.143. The lowest BCUT2D eigenvalue weighted by Gasteiger charge is -2.18.